The Kier molecular flexibility index (Phi) is 6.54. The maximum absolute atomic E-state index is 6.05. The van der Waals surface area contributed by atoms with E-state index in [9.17, 15) is 0 Å². The molecule has 28 heavy (non-hydrogen) atoms. The van der Waals surface area contributed by atoms with E-state index in [2.05, 4.69) is 32.6 Å². The van der Waals surface area contributed by atoms with Gasteiger partial charge in [-0.1, -0.05) is 25.6 Å². The largest absolute Gasteiger partial charge is 0.379 e. The summed E-state index contributed by atoms with van der Waals surface area (Å²) in [5, 5.41) is 3.80. The second kappa shape index (κ2) is 8.78. The van der Waals surface area contributed by atoms with E-state index in [1.807, 2.05) is 11.8 Å². The van der Waals surface area contributed by atoms with E-state index in [1.165, 1.54) is 15.8 Å². The van der Waals surface area contributed by atoms with Gasteiger partial charge in [0.2, 0.25) is 0 Å². The molecule has 0 unspecified atom stereocenters. The molecular formula is C20H29N3O2S3. The molecular weight excluding hydrogens is 410 g/mol. The Hall–Kier alpha value is -0.380. The van der Waals surface area contributed by atoms with Crippen LogP contribution in [0.5, 0.6) is 0 Å². The van der Waals surface area contributed by atoms with Crippen LogP contribution in [-0.2, 0) is 22.5 Å². The molecule has 0 bridgehead atoms. The molecule has 0 saturated carbocycles. The van der Waals surface area contributed by atoms with Crippen molar-refractivity contribution in [3.05, 3.63) is 10.4 Å². The van der Waals surface area contributed by atoms with E-state index in [0.717, 1.165) is 60.0 Å². The van der Waals surface area contributed by atoms with Crippen molar-refractivity contribution < 1.29 is 9.47 Å². The third-order valence-corrected chi connectivity index (χ3v) is 7.89. The number of hydrogen-bond acceptors (Lipinski definition) is 8. The van der Waals surface area contributed by atoms with Crippen LogP contribution < -0.4 is 0 Å². The van der Waals surface area contributed by atoms with E-state index in [4.69, 9.17) is 19.4 Å². The Morgan fingerprint density at radius 2 is 2.00 bits per heavy atom. The SMILES string of the molecule is CC(C)Sc1nc(SCCN2CCOCC2)c2c3c(sc2n1)COC(C)(C)C3. The van der Waals surface area contributed by atoms with Gasteiger partial charge in [-0.25, -0.2) is 9.97 Å². The number of nitrogens with zero attached hydrogens (tertiary/aromatic N) is 3. The van der Waals surface area contributed by atoms with Crippen molar-refractivity contribution in [2.24, 2.45) is 0 Å². The topological polar surface area (TPSA) is 47.5 Å². The summed E-state index contributed by atoms with van der Waals surface area (Å²) in [4.78, 5) is 14.8. The predicted molar refractivity (Wildman–Crippen MR) is 119 cm³/mol. The van der Waals surface area contributed by atoms with E-state index < -0.39 is 0 Å². The number of morpholine rings is 1. The van der Waals surface area contributed by atoms with Gasteiger partial charge in [0.15, 0.2) is 5.16 Å². The van der Waals surface area contributed by atoms with Gasteiger partial charge < -0.3 is 9.47 Å². The molecule has 0 spiro atoms. The predicted octanol–water partition coefficient (Wildman–Crippen LogP) is 4.47. The molecule has 2 aliphatic heterocycles. The molecule has 1 saturated heterocycles. The standard InChI is InChI=1S/C20H29N3O2S3/c1-13(2)27-19-21-17(26-10-7-23-5-8-24-9-6-23)16-14-11-20(3,4)25-12-15(14)28-18(16)22-19/h13H,5-12H2,1-4H3. The lowest BCUT2D eigenvalue weighted by Crippen LogP contribution is -2.37. The highest BCUT2D eigenvalue weighted by Crippen LogP contribution is 2.42. The van der Waals surface area contributed by atoms with E-state index in [-0.39, 0.29) is 5.60 Å². The lowest BCUT2D eigenvalue weighted by atomic mass is 9.95. The highest BCUT2D eigenvalue weighted by Gasteiger charge is 2.31. The first-order valence-corrected chi connectivity index (χ1v) is 12.7. The van der Waals surface area contributed by atoms with Crippen molar-refractivity contribution in [3.63, 3.8) is 0 Å². The second-order valence-electron chi connectivity index (χ2n) is 8.19. The fourth-order valence-electron chi connectivity index (χ4n) is 3.56. The smallest absolute Gasteiger partial charge is 0.190 e. The Bertz CT molecular complexity index is 832. The molecule has 0 radical (unpaired) electrons. The number of thioether (sulfide) groups is 2. The molecule has 2 aromatic rings. The fourth-order valence-corrected chi connectivity index (χ4v) is 6.61. The first kappa shape index (κ1) is 20.9. The monoisotopic (exact) mass is 439 g/mol. The van der Waals surface area contributed by atoms with Crippen molar-refractivity contribution >= 4 is 45.1 Å². The summed E-state index contributed by atoms with van der Waals surface area (Å²) in [5.41, 5.74) is 1.29. The summed E-state index contributed by atoms with van der Waals surface area (Å²) in [6.07, 6.45) is 0.930. The molecule has 0 aliphatic carbocycles. The normalized spacial score (nSPS) is 20.0. The van der Waals surface area contributed by atoms with Crippen molar-refractivity contribution in [1.82, 2.24) is 14.9 Å². The lowest BCUT2D eigenvalue weighted by molar-refractivity contribution is -0.0379. The Labute approximate surface area is 180 Å². The van der Waals surface area contributed by atoms with Crippen LogP contribution in [0.1, 0.15) is 38.1 Å². The maximum atomic E-state index is 6.05. The molecule has 0 amide bonds. The molecule has 154 valence electrons. The third kappa shape index (κ3) is 4.84. The summed E-state index contributed by atoms with van der Waals surface area (Å²) in [7, 11) is 0. The minimum Gasteiger partial charge on any atom is -0.379 e. The van der Waals surface area contributed by atoms with Crippen molar-refractivity contribution in [2.75, 3.05) is 38.6 Å². The number of ether oxygens (including phenoxy) is 2. The summed E-state index contributed by atoms with van der Waals surface area (Å²) in [5.74, 6) is 1.04. The number of thiophene rings is 1. The van der Waals surface area contributed by atoms with Gasteiger partial charge >= 0.3 is 0 Å². The van der Waals surface area contributed by atoms with Crippen LogP contribution in [0.3, 0.4) is 0 Å². The Balaban J connectivity index is 1.62. The zero-order valence-electron chi connectivity index (χ0n) is 17.1. The van der Waals surface area contributed by atoms with Gasteiger partial charge in [-0.05, 0) is 19.4 Å². The zero-order chi connectivity index (χ0) is 19.7. The first-order valence-electron chi connectivity index (χ1n) is 9.97. The van der Waals surface area contributed by atoms with Crippen LogP contribution in [0.2, 0.25) is 0 Å². The van der Waals surface area contributed by atoms with Gasteiger partial charge in [0, 0.05) is 47.3 Å². The highest BCUT2D eigenvalue weighted by molar-refractivity contribution is 8.00. The number of rotatable bonds is 6. The molecule has 2 aromatic heterocycles. The Morgan fingerprint density at radius 1 is 1.21 bits per heavy atom. The van der Waals surface area contributed by atoms with Gasteiger partial charge in [-0.3, -0.25) is 4.90 Å². The quantitative estimate of drug-likeness (QED) is 0.374. The summed E-state index contributed by atoms with van der Waals surface area (Å²) in [6.45, 7) is 14.3. The van der Waals surface area contributed by atoms with Crippen LogP contribution in [0.15, 0.2) is 10.2 Å². The molecule has 0 atom stereocenters. The molecule has 2 aliphatic rings. The van der Waals surface area contributed by atoms with Gasteiger partial charge in [0.25, 0.3) is 0 Å². The molecule has 5 nitrogen and oxygen atoms in total. The summed E-state index contributed by atoms with van der Waals surface area (Å²) in [6, 6.07) is 0. The van der Waals surface area contributed by atoms with Crippen molar-refractivity contribution in [1.29, 1.82) is 0 Å². The van der Waals surface area contributed by atoms with Crippen LogP contribution in [0, 0.1) is 0 Å². The Morgan fingerprint density at radius 3 is 2.75 bits per heavy atom. The number of hydrogen-bond donors (Lipinski definition) is 0. The molecule has 0 N–H and O–H groups in total. The molecule has 1 fully saturated rings. The van der Waals surface area contributed by atoms with E-state index >= 15 is 0 Å². The van der Waals surface area contributed by atoms with Gasteiger partial charge in [-0.15, -0.1) is 23.1 Å². The minimum atomic E-state index is -0.123. The summed E-state index contributed by atoms with van der Waals surface area (Å²) >= 11 is 5.42. The third-order valence-electron chi connectivity index (χ3n) is 4.97. The van der Waals surface area contributed by atoms with Crippen LogP contribution >= 0.6 is 34.9 Å². The fraction of sp³-hybridized carbons (Fsp3) is 0.700. The van der Waals surface area contributed by atoms with E-state index in [1.54, 1.807) is 23.1 Å². The first-order chi connectivity index (χ1) is 13.4. The maximum Gasteiger partial charge on any atom is 0.190 e. The average molecular weight is 440 g/mol. The molecule has 0 aromatic carbocycles. The average Bonchev–Trinajstić information content (AvgIpc) is 2.98. The molecule has 8 heteroatoms. The van der Waals surface area contributed by atoms with Gasteiger partial charge in [0.05, 0.1) is 25.4 Å². The number of aromatic nitrogens is 2. The van der Waals surface area contributed by atoms with Gasteiger partial charge in [-0.2, -0.15) is 0 Å². The number of fused-ring (bicyclic) bond motifs is 3. The van der Waals surface area contributed by atoms with Gasteiger partial charge in [0.1, 0.15) is 9.86 Å². The molecule has 4 rings (SSSR count). The van der Waals surface area contributed by atoms with Crippen molar-refractivity contribution in [2.45, 2.75) is 61.8 Å². The van der Waals surface area contributed by atoms with E-state index in [0.29, 0.717) is 11.9 Å². The zero-order valence-corrected chi connectivity index (χ0v) is 19.6. The molecule has 4 heterocycles. The van der Waals surface area contributed by atoms with Crippen molar-refractivity contribution in [3.8, 4) is 0 Å². The van der Waals surface area contributed by atoms with Crippen LogP contribution in [-0.4, -0.2) is 64.3 Å². The van der Waals surface area contributed by atoms with Crippen LogP contribution in [0.25, 0.3) is 10.2 Å². The lowest BCUT2D eigenvalue weighted by Gasteiger charge is -2.30. The summed E-state index contributed by atoms with van der Waals surface area (Å²) < 4.78 is 11.5. The second-order valence-corrected chi connectivity index (χ2v) is 11.9. The highest BCUT2D eigenvalue weighted by atomic mass is 32.2. The minimum absolute atomic E-state index is 0.123. The van der Waals surface area contributed by atoms with Crippen LogP contribution in [0.4, 0.5) is 0 Å².